The molecule has 1 aromatic carbocycles. The molecule has 22 heavy (non-hydrogen) atoms. The van der Waals surface area contributed by atoms with Crippen molar-refractivity contribution in [3.05, 3.63) is 47.1 Å². The molecule has 0 bridgehead atoms. The van der Waals surface area contributed by atoms with Crippen LogP contribution in [0.3, 0.4) is 0 Å². The van der Waals surface area contributed by atoms with E-state index in [9.17, 15) is 0 Å². The second kappa shape index (κ2) is 6.54. The van der Waals surface area contributed by atoms with Crippen LogP contribution >= 0.6 is 23.4 Å². The van der Waals surface area contributed by atoms with Gasteiger partial charge in [-0.2, -0.15) is 0 Å². The molecule has 0 saturated carbocycles. The van der Waals surface area contributed by atoms with Gasteiger partial charge in [0.1, 0.15) is 6.26 Å². The molecule has 2 aromatic heterocycles. The number of aryl methyl sites for hydroxylation is 1. The Labute approximate surface area is 137 Å². The zero-order valence-corrected chi connectivity index (χ0v) is 13.9. The van der Waals surface area contributed by atoms with Crippen molar-refractivity contribution in [3.63, 3.8) is 0 Å². The molecule has 3 aromatic rings. The summed E-state index contributed by atoms with van der Waals surface area (Å²) < 4.78 is 7.29. The van der Waals surface area contributed by atoms with Gasteiger partial charge >= 0.3 is 0 Å². The molecule has 0 aliphatic rings. The van der Waals surface area contributed by atoms with Gasteiger partial charge in [-0.3, -0.25) is 0 Å². The summed E-state index contributed by atoms with van der Waals surface area (Å²) in [6, 6.07) is 7.64. The highest BCUT2D eigenvalue weighted by Gasteiger charge is 2.14. The minimum atomic E-state index is 0.673. The number of hydrogen-bond acceptors (Lipinski definition) is 5. The molecule has 0 N–H and O–H groups in total. The van der Waals surface area contributed by atoms with Crippen LogP contribution in [0.1, 0.15) is 18.5 Å². The Hall–Kier alpha value is -1.79. The largest absolute Gasteiger partial charge is 0.449 e. The van der Waals surface area contributed by atoms with E-state index in [1.54, 1.807) is 18.0 Å². The molecule has 0 amide bonds. The van der Waals surface area contributed by atoms with E-state index in [-0.39, 0.29) is 0 Å². The molecule has 114 valence electrons. The average molecular weight is 335 g/mol. The Bertz CT molecular complexity index is 783. The summed E-state index contributed by atoms with van der Waals surface area (Å²) in [6.45, 7) is 4.69. The van der Waals surface area contributed by atoms with E-state index in [1.807, 2.05) is 31.2 Å². The normalized spacial score (nSPS) is 11.0. The van der Waals surface area contributed by atoms with E-state index >= 15 is 0 Å². The van der Waals surface area contributed by atoms with Crippen molar-refractivity contribution < 1.29 is 4.42 Å². The van der Waals surface area contributed by atoms with Crippen LogP contribution in [-0.4, -0.2) is 19.7 Å². The minimum Gasteiger partial charge on any atom is -0.449 e. The first-order valence-corrected chi connectivity index (χ1v) is 8.26. The number of oxazole rings is 1. The third-order valence-corrected chi connectivity index (χ3v) is 4.37. The highest BCUT2D eigenvalue weighted by Crippen LogP contribution is 2.27. The molecule has 0 spiro atoms. The van der Waals surface area contributed by atoms with Gasteiger partial charge in [-0.1, -0.05) is 35.5 Å². The lowest BCUT2D eigenvalue weighted by Gasteiger charge is -2.07. The molecule has 5 nitrogen and oxygen atoms in total. The predicted octanol–water partition coefficient (Wildman–Crippen LogP) is 4.21. The van der Waals surface area contributed by atoms with Crippen molar-refractivity contribution in [3.8, 4) is 11.4 Å². The third kappa shape index (κ3) is 3.18. The van der Waals surface area contributed by atoms with Gasteiger partial charge in [0.25, 0.3) is 0 Å². The first kappa shape index (κ1) is 15.1. The van der Waals surface area contributed by atoms with Crippen LogP contribution in [0, 0.1) is 6.92 Å². The van der Waals surface area contributed by atoms with Crippen LogP contribution in [0.4, 0.5) is 0 Å². The SMILES string of the molecule is CCn1c(SCc2coc(C)n2)nnc1-c1cccc(Cl)c1. The molecule has 0 radical (unpaired) electrons. The van der Waals surface area contributed by atoms with Gasteiger partial charge in [-0.05, 0) is 19.1 Å². The lowest BCUT2D eigenvalue weighted by atomic mass is 10.2. The molecule has 0 atom stereocenters. The maximum atomic E-state index is 6.06. The molecule has 0 aliphatic heterocycles. The second-order valence-electron chi connectivity index (χ2n) is 4.71. The highest BCUT2D eigenvalue weighted by molar-refractivity contribution is 7.98. The molecule has 0 unspecified atom stereocenters. The summed E-state index contributed by atoms with van der Waals surface area (Å²) >= 11 is 7.65. The highest BCUT2D eigenvalue weighted by atomic mass is 35.5. The lowest BCUT2D eigenvalue weighted by Crippen LogP contribution is -2.00. The number of benzene rings is 1. The van der Waals surface area contributed by atoms with Gasteiger partial charge in [0.05, 0.1) is 5.69 Å². The molecule has 0 aliphatic carbocycles. The van der Waals surface area contributed by atoms with Crippen LogP contribution in [-0.2, 0) is 12.3 Å². The van der Waals surface area contributed by atoms with E-state index < -0.39 is 0 Å². The number of thioether (sulfide) groups is 1. The second-order valence-corrected chi connectivity index (χ2v) is 6.09. The maximum absolute atomic E-state index is 6.06. The summed E-state index contributed by atoms with van der Waals surface area (Å²) in [7, 11) is 0. The van der Waals surface area contributed by atoms with Gasteiger partial charge in [-0.25, -0.2) is 4.98 Å². The Balaban J connectivity index is 1.84. The summed E-state index contributed by atoms with van der Waals surface area (Å²) in [5.74, 6) is 2.20. The third-order valence-electron chi connectivity index (χ3n) is 3.13. The van der Waals surface area contributed by atoms with E-state index in [2.05, 4.69) is 26.7 Å². The molecular weight excluding hydrogens is 320 g/mol. The Morgan fingerprint density at radius 3 is 2.86 bits per heavy atom. The molecule has 3 rings (SSSR count). The van der Waals surface area contributed by atoms with Crippen molar-refractivity contribution in [1.29, 1.82) is 0 Å². The van der Waals surface area contributed by atoms with Crippen LogP contribution in [0.5, 0.6) is 0 Å². The van der Waals surface area contributed by atoms with E-state index in [1.165, 1.54) is 0 Å². The van der Waals surface area contributed by atoms with Crippen molar-refractivity contribution >= 4 is 23.4 Å². The smallest absolute Gasteiger partial charge is 0.191 e. The summed E-state index contributed by atoms with van der Waals surface area (Å²) in [6.07, 6.45) is 1.67. The van der Waals surface area contributed by atoms with Crippen molar-refractivity contribution in [1.82, 2.24) is 19.7 Å². The molecule has 0 saturated heterocycles. The predicted molar refractivity (Wildman–Crippen MR) is 86.9 cm³/mol. The van der Waals surface area contributed by atoms with E-state index in [4.69, 9.17) is 16.0 Å². The average Bonchev–Trinajstić information content (AvgIpc) is 3.10. The fourth-order valence-corrected chi connectivity index (χ4v) is 3.20. The molecule has 0 fully saturated rings. The van der Waals surface area contributed by atoms with Gasteiger partial charge in [0, 0.05) is 29.8 Å². The van der Waals surface area contributed by atoms with Crippen LogP contribution in [0.2, 0.25) is 5.02 Å². The topological polar surface area (TPSA) is 56.7 Å². The standard InChI is InChI=1S/C15H15ClN4OS/c1-3-20-14(11-5-4-6-12(16)7-11)18-19-15(20)22-9-13-8-21-10(2)17-13/h4-8H,3,9H2,1-2H3. The summed E-state index contributed by atoms with van der Waals surface area (Å²) in [5.41, 5.74) is 1.86. The van der Waals surface area contributed by atoms with Crippen LogP contribution < -0.4 is 0 Å². The lowest BCUT2D eigenvalue weighted by molar-refractivity contribution is 0.521. The number of halogens is 1. The van der Waals surface area contributed by atoms with Crippen LogP contribution in [0.25, 0.3) is 11.4 Å². The van der Waals surface area contributed by atoms with Gasteiger partial charge in [0.2, 0.25) is 0 Å². The number of aromatic nitrogens is 4. The number of nitrogens with zero attached hydrogens (tertiary/aromatic N) is 4. The molecule has 7 heteroatoms. The fourth-order valence-electron chi connectivity index (χ4n) is 2.13. The van der Waals surface area contributed by atoms with Crippen LogP contribution in [0.15, 0.2) is 40.1 Å². The summed E-state index contributed by atoms with van der Waals surface area (Å²) in [5, 5.41) is 10.1. The number of rotatable bonds is 5. The van der Waals surface area contributed by atoms with Crippen molar-refractivity contribution in [2.75, 3.05) is 0 Å². The van der Waals surface area contributed by atoms with Gasteiger partial charge < -0.3 is 8.98 Å². The van der Waals surface area contributed by atoms with E-state index in [0.29, 0.717) is 16.7 Å². The summed E-state index contributed by atoms with van der Waals surface area (Å²) in [4.78, 5) is 4.30. The first-order valence-electron chi connectivity index (χ1n) is 6.90. The maximum Gasteiger partial charge on any atom is 0.191 e. The van der Waals surface area contributed by atoms with Crippen molar-refractivity contribution in [2.45, 2.75) is 31.3 Å². The quantitative estimate of drug-likeness (QED) is 0.654. The fraction of sp³-hybridized carbons (Fsp3) is 0.267. The molecular formula is C15H15ClN4OS. The number of hydrogen-bond donors (Lipinski definition) is 0. The Kier molecular flexibility index (Phi) is 4.49. The first-order chi connectivity index (χ1) is 10.7. The monoisotopic (exact) mass is 334 g/mol. The minimum absolute atomic E-state index is 0.673. The van der Waals surface area contributed by atoms with Crippen molar-refractivity contribution in [2.24, 2.45) is 0 Å². The van der Waals surface area contributed by atoms with Gasteiger partial charge in [0.15, 0.2) is 16.9 Å². The Morgan fingerprint density at radius 2 is 2.18 bits per heavy atom. The van der Waals surface area contributed by atoms with E-state index in [0.717, 1.165) is 28.8 Å². The zero-order valence-electron chi connectivity index (χ0n) is 12.3. The molecule has 2 heterocycles. The Morgan fingerprint density at radius 1 is 1.32 bits per heavy atom. The van der Waals surface area contributed by atoms with Gasteiger partial charge in [-0.15, -0.1) is 10.2 Å². The zero-order chi connectivity index (χ0) is 15.5.